The van der Waals surface area contributed by atoms with Crippen molar-refractivity contribution in [2.45, 2.75) is 23.8 Å². The van der Waals surface area contributed by atoms with Crippen molar-refractivity contribution in [3.05, 3.63) is 48.2 Å². The Morgan fingerprint density at radius 1 is 1.23 bits per heavy atom. The van der Waals surface area contributed by atoms with E-state index in [2.05, 4.69) is 9.71 Å². The summed E-state index contributed by atoms with van der Waals surface area (Å²) in [6.45, 7) is 0.517. The quantitative estimate of drug-likeness (QED) is 0.821. The van der Waals surface area contributed by atoms with Crippen LogP contribution in [0.25, 0.3) is 0 Å². The third-order valence-corrected chi connectivity index (χ3v) is 5.40. The van der Waals surface area contributed by atoms with E-state index in [1.807, 2.05) is 0 Å². The van der Waals surface area contributed by atoms with Crippen molar-refractivity contribution in [2.24, 2.45) is 0 Å². The molecule has 1 aromatic carbocycles. The normalized spacial score (nSPS) is 17.3. The van der Waals surface area contributed by atoms with Crippen LogP contribution in [-0.2, 0) is 14.8 Å². The van der Waals surface area contributed by atoms with E-state index in [4.69, 9.17) is 0 Å². The number of nitrogens with zero attached hydrogens (tertiary/aromatic N) is 2. The molecular weight excluding hydrogens is 368 g/mol. The molecule has 0 radical (unpaired) electrons. The van der Waals surface area contributed by atoms with Gasteiger partial charge in [-0.2, -0.15) is 0 Å². The zero-order chi connectivity index (χ0) is 18.9. The van der Waals surface area contributed by atoms with Crippen molar-refractivity contribution in [3.8, 4) is 0 Å². The number of carboxylic acid groups (broad SMARTS) is 1. The standard InChI is InChI=1S/C16H15F2N3O4S/c17-12-5-3-10(8-13(12)18)20-26(24,25)11-4-6-15(19-9-11)21-7-1-2-14(21)16(22)23/h3-6,8-9,14,20H,1-2,7H2,(H,22,23). The molecule has 1 aliphatic heterocycles. The van der Waals surface area contributed by atoms with Gasteiger partial charge in [0.25, 0.3) is 10.0 Å². The minimum Gasteiger partial charge on any atom is -0.480 e. The number of carboxylic acids is 1. The number of halogens is 2. The summed E-state index contributed by atoms with van der Waals surface area (Å²) in [7, 11) is -4.05. The molecule has 1 aromatic heterocycles. The van der Waals surface area contributed by atoms with Crippen LogP contribution in [0, 0.1) is 11.6 Å². The van der Waals surface area contributed by atoms with Crippen molar-refractivity contribution in [2.75, 3.05) is 16.2 Å². The van der Waals surface area contributed by atoms with E-state index >= 15 is 0 Å². The number of aliphatic carboxylic acids is 1. The number of carbonyl (C=O) groups is 1. The largest absolute Gasteiger partial charge is 0.480 e. The molecule has 1 aliphatic rings. The van der Waals surface area contributed by atoms with E-state index in [-0.39, 0.29) is 10.6 Å². The molecule has 26 heavy (non-hydrogen) atoms. The molecule has 1 atom stereocenters. The lowest BCUT2D eigenvalue weighted by atomic mass is 10.2. The highest BCUT2D eigenvalue weighted by Crippen LogP contribution is 2.25. The fraction of sp³-hybridized carbons (Fsp3) is 0.250. The molecule has 0 aliphatic carbocycles. The number of sulfonamides is 1. The minimum absolute atomic E-state index is 0.126. The Morgan fingerprint density at radius 3 is 2.62 bits per heavy atom. The molecule has 138 valence electrons. The van der Waals surface area contributed by atoms with E-state index < -0.39 is 33.7 Å². The van der Waals surface area contributed by atoms with Crippen LogP contribution in [0.15, 0.2) is 41.4 Å². The smallest absolute Gasteiger partial charge is 0.326 e. The average molecular weight is 383 g/mol. The SMILES string of the molecule is O=C(O)C1CCCN1c1ccc(S(=O)(=O)Nc2ccc(F)c(F)c2)cn1. The summed E-state index contributed by atoms with van der Waals surface area (Å²) >= 11 is 0. The molecule has 0 amide bonds. The minimum atomic E-state index is -4.05. The van der Waals surface area contributed by atoms with Gasteiger partial charge in [-0.3, -0.25) is 4.72 Å². The zero-order valence-corrected chi connectivity index (χ0v) is 14.2. The van der Waals surface area contributed by atoms with Gasteiger partial charge in [0.05, 0.1) is 5.69 Å². The topological polar surface area (TPSA) is 99.6 Å². The summed E-state index contributed by atoms with van der Waals surface area (Å²) in [5.74, 6) is -2.85. The van der Waals surface area contributed by atoms with Crippen molar-refractivity contribution >= 4 is 27.5 Å². The Balaban J connectivity index is 1.80. The van der Waals surface area contributed by atoms with Crippen molar-refractivity contribution in [1.29, 1.82) is 0 Å². The number of aromatic nitrogens is 1. The fourth-order valence-corrected chi connectivity index (χ4v) is 3.77. The number of rotatable bonds is 5. The Hall–Kier alpha value is -2.75. The Bertz CT molecular complexity index is 935. The monoisotopic (exact) mass is 383 g/mol. The second-order valence-electron chi connectivity index (χ2n) is 5.78. The first-order chi connectivity index (χ1) is 12.3. The lowest BCUT2D eigenvalue weighted by Crippen LogP contribution is -2.36. The molecule has 2 aromatic rings. The van der Waals surface area contributed by atoms with Gasteiger partial charge in [0.1, 0.15) is 16.8 Å². The maximum atomic E-state index is 13.2. The third-order valence-electron chi connectivity index (χ3n) is 4.03. The third kappa shape index (κ3) is 3.59. The molecule has 0 saturated carbocycles. The molecule has 2 N–H and O–H groups in total. The van der Waals surface area contributed by atoms with Crippen LogP contribution in [0.3, 0.4) is 0 Å². The molecule has 1 saturated heterocycles. The van der Waals surface area contributed by atoms with Crippen molar-refractivity contribution in [1.82, 2.24) is 4.98 Å². The van der Waals surface area contributed by atoms with E-state index in [1.54, 1.807) is 4.90 Å². The van der Waals surface area contributed by atoms with Gasteiger partial charge >= 0.3 is 5.97 Å². The van der Waals surface area contributed by atoms with Crippen LogP contribution in [0.5, 0.6) is 0 Å². The van der Waals surface area contributed by atoms with E-state index in [0.29, 0.717) is 25.2 Å². The van der Waals surface area contributed by atoms with Crippen molar-refractivity contribution < 1.29 is 27.1 Å². The van der Waals surface area contributed by atoms with Crippen LogP contribution in [0.1, 0.15) is 12.8 Å². The number of hydrogen-bond donors (Lipinski definition) is 2. The Morgan fingerprint density at radius 2 is 2.00 bits per heavy atom. The lowest BCUT2D eigenvalue weighted by molar-refractivity contribution is -0.138. The summed E-state index contributed by atoms with van der Waals surface area (Å²) in [6, 6.07) is 4.65. The van der Waals surface area contributed by atoms with Crippen LogP contribution in [-0.4, -0.2) is 37.1 Å². The summed E-state index contributed by atoms with van der Waals surface area (Å²) in [5, 5.41) is 9.20. The van der Waals surface area contributed by atoms with E-state index in [1.165, 1.54) is 12.1 Å². The average Bonchev–Trinajstić information content (AvgIpc) is 3.08. The van der Waals surface area contributed by atoms with Crippen LogP contribution in [0.4, 0.5) is 20.3 Å². The van der Waals surface area contributed by atoms with E-state index in [0.717, 1.165) is 24.4 Å². The van der Waals surface area contributed by atoms with Gasteiger partial charge in [0.2, 0.25) is 0 Å². The van der Waals surface area contributed by atoms with Crippen LogP contribution < -0.4 is 9.62 Å². The first-order valence-electron chi connectivity index (χ1n) is 7.71. The lowest BCUT2D eigenvalue weighted by Gasteiger charge is -2.22. The second kappa shape index (κ2) is 6.87. The highest BCUT2D eigenvalue weighted by Gasteiger charge is 2.31. The number of pyridine rings is 1. The summed E-state index contributed by atoms with van der Waals surface area (Å²) in [4.78, 5) is 16.7. The maximum Gasteiger partial charge on any atom is 0.326 e. The number of nitrogens with one attached hydrogen (secondary N) is 1. The number of anilines is 2. The molecule has 0 spiro atoms. The Labute approximate surface area is 148 Å². The molecule has 0 bridgehead atoms. The molecule has 1 unspecified atom stereocenters. The summed E-state index contributed by atoms with van der Waals surface area (Å²) < 4.78 is 52.9. The number of hydrogen-bond acceptors (Lipinski definition) is 5. The molecule has 2 heterocycles. The fourth-order valence-electron chi connectivity index (χ4n) is 2.77. The highest BCUT2D eigenvalue weighted by molar-refractivity contribution is 7.92. The van der Waals surface area contributed by atoms with Gasteiger partial charge in [-0.1, -0.05) is 0 Å². The van der Waals surface area contributed by atoms with Crippen LogP contribution >= 0.6 is 0 Å². The van der Waals surface area contributed by atoms with Crippen LogP contribution in [0.2, 0.25) is 0 Å². The second-order valence-corrected chi connectivity index (χ2v) is 7.46. The first-order valence-corrected chi connectivity index (χ1v) is 9.19. The molecular formula is C16H15F2N3O4S. The van der Waals surface area contributed by atoms with Crippen molar-refractivity contribution in [3.63, 3.8) is 0 Å². The Kier molecular flexibility index (Phi) is 4.77. The van der Waals surface area contributed by atoms with Gasteiger partial charge in [-0.25, -0.2) is 27.0 Å². The maximum absolute atomic E-state index is 13.2. The first kappa shape index (κ1) is 18.1. The number of benzene rings is 1. The van der Waals surface area contributed by atoms with Gasteiger partial charge in [0.15, 0.2) is 11.6 Å². The predicted octanol–water partition coefficient (Wildman–Crippen LogP) is 2.21. The molecule has 1 fully saturated rings. The summed E-state index contributed by atoms with van der Waals surface area (Å²) in [6.07, 6.45) is 2.29. The molecule has 3 rings (SSSR count). The zero-order valence-electron chi connectivity index (χ0n) is 13.4. The highest BCUT2D eigenvalue weighted by atomic mass is 32.2. The van der Waals surface area contributed by atoms with Gasteiger partial charge < -0.3 is 10.0 Å². The van der Waals surface area contributed by atoms with Gasteiger partial charge in [0, 0.05) is 18.8 Å². The predicted molar refractivity (Wildman–Crippen MR) is 89.4 cm³/mol. The molecule has 7 nitrogen and oxygen atoms in total. The van der Waals surface area contributed by atoms with Gasteiger partial charge in [-0.05, 0) is 37.1 Å². The van der Waals surface area contributed by atoms with Gasteiger partial charge in [-0.15, -0.1) is 0 Å². The van der Waals surface area contributed by atoms with E-state index in [9.17, 15) is 27.1 Å². The molecule has 10 heteroatoms. The summed E-state index contributed by atoms with van der Waals surface area (Å²) in [5.41, 5.74) is -0.126.